The molecule has 1 saturated heterocycles. The van der Waals surface area contributed by atoms with Crippen LogP contribution in [0.25, 0.3) is 11.2 Å². The molecule has 0 aromatic carbocycles. The van der Waals surface area contributed by atoms with Gasteiger partial charge >= 0.3 is 0 Å². The molecule has 2 aliphatic carbocycles. The third kappa shape index (κ3) is 6.35. The lowest BCUT2D eigenvalue weighted by atomic mass is 9.85. The number of hydrogen-bond acceptors (Lipinski definition) is 6. The van der Waals surface area contributed by atoms with E-state index in [0.717, 1.165) is 28.9 Å². The van der Waals surface area contributed by atoms with Gasteiger partial charge in [0.05, 0.1) is 6.33 Å². The third-order valence-electron chi connectivity index (χ3n) is 8.66. The van der Waals surface area contributed by atoms with Crippen molar-refractivity contribution in [3.8, 4) is 0 Å². The SMILES string of the molecule is CCCCN(CC1CNCC(CCC2=CC=CCC2)C1)CC1CCC(n2cnc3c(N)ncnc32)C1. The second kappa shape index (κ2) is 12.3. The second-order valence-corrected chi connectivity index (χ2v) is 11.5. The molecule has 2 fully saturated rings. The van der Waals surface area contributed by atoms with Gasteiger partial charge in [0.15, 0.2) is 11.5 Å². The van der Waals surface area contributed by atoms with Crippen LogP contribution in [0.1, 0.15) is 77.2 Å². The molecular weight excluding hydrogens is 446 g/mol. The van der Waals surface area contributed by atoms with Crippen LogP contribution in [0.4, 0.5) is 5.82 Å². The Morgan fingerprint density at radius 1 is 1.08 bits per heavy atom. The van der Waals surface area contributed by atoms with Crippen molar-refractivity contribution >= 4 is 17.0 Å². The van der Waals surface area contributed by atoms with E-state index >= 15 is 0 Å². The minimum Gasteiger partial charge on any atom is -0.382 e. The van der Waals surface area contributed by atoms with Crippen molar-refractivity contribution in [2.24, 2.45) is 17.8 Å². The summed E-state index contributed by atoms with van der Waals surface area (Å²) in [6.45, 7) is 8.39. The van der Waals surface area contributed by atoms with Gasteiger partial charge in [-0.15, -0.1) is 0 Å². The maximum Gasteiger partial charge on any atom is 0.165 e. The zero-order chi connectivity index (χ0) is 24.7. The van der Waals surface area contributed by atoms with Gasteiger partial charge in [-0.2, -0.15) is 0 Å². The van der Waals surface area contributed by atoms with E-state index in [2.05, 4.69) is 54.9 Å². The van der Waals surface area contributed by atoms with E-state index in [9.17, 15) is 0 Å². The lowest BCUT2D eigenvalue weighted by molar-refractivity contribution is 0.160. The molecule has 0 bridgehead atoms. The molecule has 0 amide bonds. The second-order valence-electron chi connectivity index (χ2n) is 11.5. The van der Waals surface area contributed by atoms with Crippen molar-refractivity contribution in [3.63, 3.8) is 0 Å². The highest BCUT2D eigenvalue weighted by Crippen LogP contribution is 2.37. The first-order chi connectivity index (χ1) is 17.7. The number of fused-ring (bicyclic) bond motifs is 1. The number of hydrogen-bond donors (Lipinski definition) is 2. The van der Waals surface area contributed by atoms with Crippen LogP contribution in [0.3, 0.4) is 0 Å². The molecule has 2 aromatic rings. The quantitative estimate of drug-likeness (QED) is 0.453. The Morgan fingerprint density at radius 2 is 1.97 bits per heavy atom. The van der Waals surface area contributed by atoms with Gasteiger partial charge in [-0.25, -0.2) is 15.0 Å². The largest absolute Gasteiger partial charge is 0.382 e. The fraction of sp³-hybridized carbons (Fsp3) is 0.690. The van der Waals surface area contributed by atoms with E-state index in [4.69, 9.17) is 5.73 Å². The van der Waals surface area contributed by atoms with Crippen molar-refractivity contribution in [1.82, 2.24) is 29.7 Å². The van der Waals surface area contributed by atoms with Gasteiger partial charge in [-0.3, -0.25) is 0 Å². The number of rotatable bonds is 11. The monoisotopic (exact) mass is 491 g/mol. The van der Waals surface area contributed by atoms with Crippen LogP contribution in [-0.2, 0) is 0 Å². The standard InChI is InChI=1S/C29H45N7/c1-2-3-13-35(19-25-14-23(16-31-17-25)10-9-22-7-5-4-6-8-22)18-24-11-12-26(15-24)36-21-34-27-28(30)32-20-33-29(27)36/h4-5,7,20-21,23-26,31H,2-3,6,8-19H2,1H3,(H2,30,32,33). The predicted octanol–water partition coefficient (Wildman–Crippen LogP) is 5.13. The Hall–Kier alpha value is -2.25. The molecule has 5 rings (SSSR count). The number of anilines is 1. The number of aromatic nitrogens is 4. The molecule has 1 aliphatic heterocycles. The number of allylic oxidation sites excluding steroid dienone is 4. The molecule has 1 saturated carbocycles. The van der Waals surface area contributed by atoms with Gasteiger partial charge in [0.1, 0.15) is 11.8 Å². The molecule has 0 radical (unpaired) electrons. The summed E-state index contributed by atoms with van der Waals surface area (Å²) < 4.78 is 2.25. The summed E-state index contributed by atoms with van der Waals surface area (Å²) in [6, 6.07) is 0.465. The van der Waals surface area contributed by atoms with Gasteiger partial charge in [0, 0.05) is 19.1 Å². The number of nitrogens with zero attached hydrogens (tertiary/aromatic N) is 5. The summed E-state index contributed by atoms with van der Waals surface area (Å²) in [4.78, 5) is 15.9. The lowest BCUT2D eigenvalue weighted by Gasteiger charge is -2.35. The zero-order valence-corrected chi connectivity index (χ0v) is 22.1. The Labute approximate surface area is 216 Å². The number of nitrogen functional groups attached to an aromatic ring is 1. The molecule has 3 N–H and O–H groups in total. The first-order valence-corrected chi connectivity index (χ1v) is 14.4. The topological polar surface area (TPSA) is 84.9 Å². The Balaban J connectivity index is 1.14. The van der Waals surface area contributed by atoms with Crippen molar-refractivity contribution in [1.29, 1.82) is 0 Å². The van der Waals surface area contributed by atoms with Crippen molar-refractivity contribution in [2.45, 2.75) is 77.2 Å². The number of imidazole rings is 1. The maximum absolute atomic E-state index is 6.02. The first-order valence-electron chi connectivity index (χ1n) is 14.4. The average Bonchev–Trinajstić information content (AvgIpc) is 3.55. The zero-order valence-electron chi connectivity index (χ0n) is 22.1. The number of unbranched alkanes of at least 4 members (excludes halogenated alkanes) is 1. The van der Waals surface area contributed by atoms with Crippen LogP contribution in [-0.4, -0.2) is 57.1 Å². The summed E-state index contributed by atoms with van der Waals surface area (Å²) >= 11 is 0. The van der Waals surface area contributed by atoms with Crippen LogP contribution in [0, 0.1) is 17.8 Å². The maximum atomic E-state index is 6.02. The summed E-state index contributed by atoms with van der Waals surface area (Å²) in [6.07, 6.45) is 23.1. The molecule has 4 atom stereocenters. The van der Waals surface area contributed by atoms with Gasteiger partial charge in [-0.05, 0) is 95.2 Å². The van der Waals surface area contributed by atoms with Gasteiger partial charge in [0.25, 0.3) is 0 Å². The summed E-state index contributed by atoms with van der Waals surface area (Å²) in [5, 5.41) is 3.78. The van der Waals surface area contributed by atoms with Gasteiger partial charge in [-0.1, -0.05) is 37.1 Å². The summed E-state index contributed by atoms with van der Waals surface area (Å²) in [5.41, 5.74) is 9.29. The Bertz CT molecular complexity index is 1040. The molecule has 7 nitrogen and oxygen atoms in total. The number of nitrogens with two attached hydrogens (primary N) is 1. The van der Waals surface area contributed by atoms with Crippen LogP contribution in [0.2, 0.25) is 0 Å². The smallest absolute Gasteiger partial charge is 0.165 e. The highest BCUT2D eigenvalue weighted by atomic mass is 15.2. The normalized spacial score (nSPS) is 26.7. The Kier molecular flexibility index (Phi) is 8.70. The highest BCUT2D eigenvalue weighted by molar-refractivity contribution is 5.81. The molecule has 196 valence electrons. The Morgan fingerprint density at radius 3 is 2.83 bits per heavy atom. The third-order valence-corrected chi connectivity index (χ3v) is 8.66. The van der Waals surface area contributed by atoms with Crippen LogP contribution >= 0.6 is 0 Å². The molecule has 2 aromatic heterocycles. The fourth-order valence-electron chi connectivity index (χ4n) is 6.71. The molecule has 3 heterocycles. The van der Waals surface area contributed by atoms with Crippen molar-refractivity contribution in [2.75, 3.05) is 38.5 Å². The summed E-state index contributed by atoms with van der Waals surface area (Å²) in [5.74, 6) is 2.81. The minimum atomic E-state index is 0.465. The molecule has 4 unspecified atom stereocenters. The molecule has 36 heavy (non-hydrogen) atoms. The van der Waals surface area contributed by atoms with Crippen LogP contribution < -0.4 is 11.1 Å². The fourth-order valence-corrected chi connectivity index (χ4v) is 6.71. The van der Waals surface area contributed by atoms with E-state index in [1.165, 1.54) is 96.9 Å². The molecule has 0 spiro atoms. The van der Waals surface area contributed by atoms with E-state index in [1.54, 1.807) is 11.9 Å². The van der Waals surface area contributed by atoms with Gasteiger partial charge < -0.3 is 20.5 Å². The van der Waals surface area contributed by atoms with E-state index in [1.807, 2.05) is 6.33 Å². The number of nitrogens with one attached hydrogen (secondary N) is 1. The van der Waals surface area contributed by atoms with E-state index < -0.39 is 0 Å². The molecular formula is C29H45N7. The van der Waals surface area contributed by atoms with Gasteiger partial charge in [0.2, 0.25) is 0 Å². The van der Waals surface area contributed by atoms with E-state index in [0.29, 0.717) is 11.9 Å². The summed E-state index contributed by atoms with van der Waals surface area (Å²) in [7, 11) is 0. The van der Waals surface area contributed by atoms with Crippen LogP contribution in [0.15, 0.2) is 36.5 Å². The first kappa shape index (κ1) is 25.4. The van der Waals surface area contributed by atoms with Crippen molar-refractivity contribution in [3.05, 3.63) is 36.5 Å². The average molecular weight is 492 g/mol. The number of piperidine rings is 1. The molecule has 7 heteroatoms. The molecule has 3 aliphatic rings. The minimum absolute atomic E-state index is 0.465. The highest BCUT2D eigenvalue weighted by Gasteiger charge is 2.30. The van der Waals surface area contributed by atoms with Crippen LogP contribution in [0.5, 0.6) is 0 Å². The lowest BCUT2D eigenvalue weighted by Crippen LogP contribution is -2.43. The predicted molar refractivity (Wildman–Crippen MR) is 148 cm³/mol. The van der Waals surface area contributed by atoms with E-state index in [-0.39, 0.29) is 0 Å². The van der Waals surface area contributed by atoms with Crippen molar-refractivity contribution < 1.29 is 0 Å².